The van der Waals surface area contributed by atoms with Gasteiger partial charge in [-0.1, -0.05) is 41.4 Å². The molecular formula is C22H17Cl2N3O2S. The van der Waals surface area contributed by atoms with E-state index < -0.39 is 5.97 Å². The minimum atomic E-state index is -0.862. The van der Waals surface area contributed by atoms with Gasteiger partial charge in [0, 0.05) is 17.0 Å². The third kappa shape index (κ3) is 4.26. The number of fused-ring (bicyclic) bond motifs is 1. The lowest BCUT2D eigenvalue weighted by Crippen LogP contribution is -1.96. The number of carbonyl (C=O) groups is 1. The molecular weight excluding hydrogens is 441 g/mol. The van der Waals surface area contributed by atoms with Crippen LogP contribution in [0.3, 0.4) is 0 Å². The third-order valence-electron chi connectivity index (χ3n) is 4.60. The van der Waals surface area contributed by atoms with Crippen molar-refractivity contribution in [1.29, 1.82) is 0 Å². The van der Waals surface area contributed by atoms with Gasteiger partial charge >= 0.3 is 5.97 Å². The highest BCUT2D eigenvalue weighted by Crippen LogP contribution is 2.34. The molecule has 0 bridgehead atoms. The summed E-state index contributed by atoms with van der Waals surface area (Å²) in [7, 11) is 0. The standard InChI is InChI=1S/C22H17Cl2N3O2S/c1-13-17(21(24)27(26-13)16-6-4-5-15(23)12-16)11-14(9-10-20(28)29)22-25-18-7-2-3-8-19(18)30-22/h2-8,11-12H,9-10H2,1H3,(H,28,29). The Morgan fingerprint density at radius 3 is 2.70 bits per heavy atom. The summed E-state index contributed by atoms with van der Waals surface area (Å²) in [6.07, 6.45) is 2.24. The van der Waals surface area contributed by atoms with E-state index >= 15 is 0 Å². The Hall–Kier alpha value is -2.67. The van der Waals surface area contributed by atoms with Crippen LogP contribution < -0.4 is 0 Å². The summed E-state index contributed by atoms with van der Waals surface area (Å²) in [5.41, 5.74) is 3.91. The van der Waals surface area contributed by atoms with Crippen LogP contribution in [0.5, 0.6) is 0 Å². The lowest BCUT2D eigenvalue weighted by atomic mass is 10.1. The van der Waals surface area contributed by atoms with Crippen molar-refractivity contribution in [3.63, 3.8) is 0 Å². The first kappa shape index (κ1) is 20.6. The fraction of sp³-hybridized carbons (Fsp3) is 0.136. The summed E-state index contributed by atoms with van der Waals surface area (Å²) in [4.78, 5) is 15.9. The van der Waals surface area contributed by atoms with E-state index in [9.17, 15) is 9.90 Å². The van der Waals surface area contributed by atoms with Crippen molar-refractivity contribution in [3.8, 4) is 5.69 Å². The van der Waals surface area contributed by atoms with Gasteiger partial charge in [-0.05, 0) is 55.3 Å². The van der Waals surface area contributed by atoms with Crippen molar-refractivity contribution < 1.29 is 9.90 Å². The smallest absolute Gasteiger partial charge is 0.303 e. The van der Waals surface area contributed by atoms with Crippen LogP contribution in [0.4, 0.5) is 0 Å². The molecule has 0 radical (unpaired) electrons. The summed E-state index contributed by atoms with van der Waals surface area (Å²) in [5.74, 6) is -0.862. The normalized spacial score (nSPS) is 11.9. The van der Waals surface area contributed by atoms with Crippen LogP contribution in [0.2, 0.25) is 10.2 Å². The Morgan fingerprint density at radius 2 is 1.97 bits per heavy atom. The maximum atomic E-state index is 11.2. The van der Waals surface area contributed by atoms with E-state index in [0.29, 0.717) is 16.6 Å². The van der Waals surface area contributed by atoms with Crippen LogP contribution in [0, 0.1) is 6.92 Å². The predicted octanol–water partition coefficient (Wildman–Crippen LogP) is 6.50. The predicted molar refractivity (Wildman–Crippen MR) is 123 cm³/mol. The number of carboxylic acid groups (broad SMARTS) is 1. The first-order valence-electron chi connectivity index (χ1n) is 9.22. The molecule has 0 unspecified atom stereocenters. The van der Waals surface area contributed by atoms with Crippen LogP contribution in [0.15, 0.2) is 48.5 Å². The van der Waals surface area contributed by atoms with Gasteiger partial charge in [-0.15, -0.1) is 11.3 Å². The van der Waals surface area contributed by atoms with E-state index in [-0.39, 0.29) is 6.42 Å². The summed E-state index contributed by atoms with van der Waals surface area (Å²) < 4.78 is 2.67. The molecule has 2 heterocycles. The second-order valence-corrected chi connectivity index (χ2v) is 8.56. The van der Waals surface area contributed by atoms with Crippen molar-refractivity contribution in [2.45, 2.75) is 19.8 Å². The number of para-hydroxylation sites is 1. The van der Waals surface area contributed by atoms with Gasteiger partial charge in [0.15, 0.2) is 0 Å². The van der Waals surface area contributed by atoms with E-state index in [4.69, 9.17) is 28.2 Å². The second kappa shape index (κ2) is 8.60. The minimum Gasteiger partial charge on any atom is -0.481 e. The summed E-state index contributed by atoms with van der Waals surface area (Å²) in [6.45, 7) is 1.87. The van der Waals surface area contributed by atoms with E-state index in [1.54, 1.807) is 16.8 Å². The number of aryl methyl sites for hydroxylation is 1. The molecule has 0 aliphatic heterocycles. The molecule has 0 aliphatic carbocycles. The van der Waals surface area contributed by atoms with E-state index in [1.807, 2.05) is 49.4 Å². The highest BCUT2D eigenvalue weighted by atomic mass is 35.5. The molecule has 4 aromatic rings. The van der Waals surface area contributed by atoms with Crippen molar-refractivity contribution in [2.75, 3.05) is 0 Å². The molecule has 5 nitrogen and oxygen atoms in total. The fourth-order valence-electron chi connectivity index (χ4n) is 3.12. The summed E-state index contributed by atoms with van der Waals surface area (Å²) >= 11 is 14.3. The minimum absolute atomic E-state index is 0.000849. The van der Waals surface area contributed by atoms with Gasteiger partial charge in [0.05, 0.1) is 21.6 Å². The van der Waals surface area contributed by atoms with Crippen molar-refractivity contribution in [3.05, 3.63) is 75.0 Å². The fourth-order valence-corrected chi connectivity index (χ4v) is 4.64. The zero-order valence-corrected chi connectivity index (χ0v) is 18.3. The molecule has 0 saturated carbocycles. The molecule has 2 aromatic heterocycles. The third-order valence-corrected chi connectivity index (χ3v) is 6.31. The lowest BCUT2D eigenvalue weighted by molar-refractivity contribution is -0.136. The van der Waals surface area contributed by atoms with Crippen LogP contribution in [-0.2, 0) is 4.79 Å². The molecule has 0 amide bonds. The number of thiazole rings is 1. The Balaban J connectivity index is 1.81. The Kier molecular flexibility index (Phi) is 5.90. The molecule has 8 heteroatoms. The zero-order chi connectivity index (χ0) is 21.3. The summed E-state index contributed by atoms with van der Waals surface area (Å²) in [5, 5.41) is 15.6. The Morgan fingerprint density at radius 1 is 1.17 bits per heavy atom. The van der Waals surface area contributed by atoms with Gasteiger partial charge < -0.3 is 5.11 Å². The van der Waals surface area contributed by atoms with Crippen LogP contribution in [-0.4, -0.2) is 25.8 Å². The number of carboxylic acids is 1. The van der Waals surface area contributed by atoms with Crippen molar-refractivity contribution in [1.82, 2.24) is 14.8 Å². The molecule has 2 aromatic carbocycles. The number of nitrogens with zero attached hydrogens (tertiary/aromatic N) is 3. The van der Waals surface area contributed by atoms with E-state index in [1.165, 1.54) is 11.3 Å². The molecule has 1 N–H and O–H groups in total. The first-order valence-corrected chi connectivity index (χ1v) is 10.8. The summed E-state index contributed by atoms with van der Waals surface area (Å²) in [6, 6.07) is 15.1. The quantitative estimate of drug-likeness (QED) is 0.358. The number of hydrogen-bond acceptors (Lipinski definition) is 4. The molecule has 0 atom stereocenters. The molecule has 30 heavy (non-hydrogen) atoms. The second-order valence-electron chi connectivity index (χ2n) is 6.73. The maximum Gasteiger partial charge on any atom is 0.303 e. The Labute approximate surface area is 187 Å². The zero-order valence-electron chi connectivity index (χ0n) is 16.0. The highest BCUT2D eigenvalue weighted by molar-refractivity contribution is 7.19. The lowest BCUT2D eigenvalue weighted by Gasteiger charge is -2.05. The van der Waals surface area contributed by atoms with Crippen LogP contribution in [0.25, 0.3) is 27.6 Å². The first-order chi connectivity index (χ1) is 14.4. The van der Waals surface area contributed by atoms with E-state index in [0.717, 1.165) is 37.7 Å². The molecule has 0 fully saturated rings. The van der Waals surface area contributed by atoms with Crippen molar-refractivity contribution in [2.24, 2.45) is 0 Å². The number of aromatic nitrogens is 3. The number of rotatable bonds is 6. The van der Waals surface area contributed by atoms with Crippen LogP contribution >= 0.6 is 34.5 Å². The van der Waals surface area contributed by atoms with Gasteiger partial charge in [0.1, 0.15) is 10.2 Å². The maximum absolute atomic E-state index is 11.2. The molecule has 0 saturated heterocycles. The van der Waals surface area contributed by atoms with Crippen molar-refractivity contribution >= 4 is 62.4 Å². The number of aliphatic carboxylic acids is 1. The number of benzene rings is 2. The Bertz CT molecular complexity index is 1240. The molecule has 152 valence electrons. The molecule has 0 aliphatic rings. The number of hydrogen-bond donors (Lipinski definition) is 1. The average Bonchev–Trinajstić information content (AvgIpc) is 3.26. The van der Waals surface area contributed by atoms with Crippen LogP contribution in [0.1, 0.15) is 29.1 Å². The molecule has 0 spiro atoms. The monoisotopic (exact) mass is 457 g/mol. The van der Waals surface area contributed by atoms with Gasteiger partial charge in [0.2, 0.25) is 0 Å². The largest absolute Gasteiger partial charge is 0.481 e. The van der Waals surface area contributed by atoms with Gasteiger partial charge in [0.25, 0.3) is 0 Å². The van der Waals surface area contributed by atoms with Gasteiger partial charge in [-0.25, -0.2) is 9.67 Å². The van der Waals surface area contributed by atoms with E-state index in [2.05, 4.69) is 5.10 Å². The SMILES string of the molecule is Cc1nn(-c2cccc(Cl)c2)c(Cl)c1C=C(CCC(=O)O)c1nc2ccccc2s1. The number of halogens is 2. The van der Waals surface area contributed by atoms with Gasteiger partial charge in [-0.2, -0.15) is 5.10 Å². The molecule has 4 rings (SSSR count). The number of allylic oxidation sites excluding steroid dienone is 1. The average molecular weight is 458 g/mol. The highest BCUT2D eigenvalue weighted by Gasteiger charge is 2.17. The van der Waals surface area contributed by atoms with Gasteiger partial charge in [-0.3, -0.25) is 4.79 Å². The topological polar surface area (TPSA) is 68.0 Å².